The van der Waals surface area contributed by atoms with E-state index in [1.165, 1.54) is 23.5 Å². The van der Waals surface area contributed by atoms with Crippen LogP contribution in [0.3, 0.4) is 0 Å². The Morgan fingerprint density at radius 3 is 2.60 bits per heavy atom. The molecule has 4 aliphatic rings. The fourth-order valence-corrected chi connectivity index (χ4v) is 9.76. The van der Waals surface area contributed by atoms with Gasteiger partial charge < -0.3 is 9.84 Å². The maximum Gasteiger partial charge on any atom is 0.178 e. The van der Waals surface area contributed by atoms with E-state index in [9.17, 15) is 18.3 Å². The molecule has 196 valence electrons. The molecule has 4 aliphatic carbocycles. The molecule has 8 atom stereocenters. The van der Waals surface area contributed by atoms with Gasteiger partial charge in [0.2, 0.25) is 0 Å². The number of sulfone groups is 1. The molecule has 0 bridgehead atoms. The molecule has 4 saturated carbocycles. The number of ketones is 1. The van der Waals surface area contributed by atoms with Crippen molar-refractivity contribution in [2.75, 3.05) is 20.0 Å². The number of carbonyl (C=O) groups is 1. The number of Topliss-reactive ketones (excluding diaryl/α,β-unsaturated/α-hetero) is 1. The average molecular weight is 507 g/mol. The second-order valence-electron chi connectivity index (χ2n) is 12.8. The minimum atomic E-state index is -3.33. The van der Waals surface area contributed by atoms with Crippen molar-refractivity contribution in [2.45, 2.75) is 88.7 Å². The number of methoxy groups -OCH3 is 1. The van der Waals surface area contributed by atoms with Gasteiger partial charge in [0.15, 0.2) is 15.6 Å². The molecule has 4 fully saturated rings. The summed E-state index contributed by atoms with van der Waals surface area (Å²) in [7, 11) is -1.51. The van der Waals surface area contributed by atoms with Gasteiger partial charge in [0, 0.05) is 25.5 Å². The highest BCUT2D eigenvalue weighted by Gasteiger charge is 2.63. The first-order chi connectivity index (χ1) is 16.4. The molecular weight excluding hydrogens is 464 g/mol. The number of hydrogen-bond donors (Lipinski definition) is 1. The topological polar surface area (TPSA) is 98.5 Å². The zero-order valence-corrected chi connectivity index (χ0v) is 22.5. The predicted octanol–water partition coefficient (Wildman–Crippen LogP) is 3.89. The van der Waals surface area contributed by atoms with Crippen LogP contribution in [0.5, 0.6) is 0 Å². The molecule has 5 rings (SSSR count). The fraction of sp³-hybridized carbons (Fsp3) is 0.852. The van der Waals surface area contributed by atoms with Crippen molar-refractivity contribution >= 4 is 15.6 Å². The van der Waals surface area contributed by atoms with Crippen LogP contribution in [0.4, 0.5) is 0 Å². The maximum atomic E-state index is 13.5. The molecule has 0 aromatic carbocycles. The monoisotopic (exact) mass is 506 g/mol. The summed E-state index contributed by atoms with van der Waals surface area (Å²) in [5, 5.41) is 15.0. The van der Waals surface area contributed by atoms with Gasteiger partial charge in [-0.15, -0.1) is 0 Å². The van der Waals surface area contributed by atoms with Gasteiger partial charge in [0.05, 0.1) is 24.9 Å². The lowest BCUT2D eigenvalue weighted by molar-refractivity contribution is -0.175. The van der Waals surface area contributed by atoms with E-state index in [0.717, 1.165) is 64.2 Å². The largest absolute Gasteiger partial charge is 0.390 e. The number of nitrogens with zero attached hydrogens (tertiary/aromatic N) is 2. The summed E-state index contributed by atoms with van der Waals surface area (Å²) >= 11 is 0. The van der Waals surface area contributed by atoms with E-state index >= 15 is 0 Å². The van der Waals surface area contributed by atoms with Crippen LogP contribution in [0.25, 0.3) is 0 Å². The van der Waals surface area contributed by atoms with Gasteiger partial charge in [-0.05, 0) is 99.2 Å². The van der Waals surface area contributed by atoms with Gasteiger partial charge in [0.1, 0.15) is 4.90 Å². The number of rotatable bonds is 6. The minimum Gasteiger partial charge on any atom is -0.390 e. The van der Waals surface area contributed by atoms with Crippen LogP contribution >= 0.6 is 0 Å². The highest BCUT2D eigenvalue weighted by Crippen LogP contribution is 2.68. The Labute approximate surface area is 209 Å². The zero-order chi connectivity index (χ0) is 25.2. The number of aromatic nitrogens is 2. The van der Waals surface area contributed by atoms with Gasteiger partial charge in [-0.3, -0.25) is 9.48 Å². The van der Waals surface area contributed by atoms with Gasteiger partial charge in [-0.2, -0.15) is 5.10 Å². The third kappa shape index (κ3) is 4.21. The van der Waals surface area contributed by atoms with Crippen molar-refractivity contribution in [3.63, 3.8) is 0 Å². The summed E-state index contributed by atoms with van der Waals surface area (Å²) in [5.74, 6) is 2.46. The Kier molecular flexibility index (Phi) is 6.28. The van der Waals surface area contributed by atoms with Crippen LogP contribution in [0, 0.1) is 40.4 Å². The van der Waals surface area contributed by atoms with E-state index in [2.05, 4.69) is 12.0 Å². The smallest absolute Gasteiger partial charge is 0.178 e. The third-order valence-corrected chi connectivity index (χ3v) is 11.9. The Morgan fingerprint density at radius 2 is 1.91 bits per heavy atom. The standard InChI is InChI=1S/C27H42N2O5S/c1-25(31)11-12-27(17-34-3)18(13-25)5-6-20-21-7-8-23(26(21,2)10-9-22(20)27)24(30)16-29-15-19(14-28-29)35(4,32)33/h14-15,18,20-23,31H,5-13,16-17H2,1-4H3. The maximum absolute atomic E-state index is 13.5. The SMILES string of the molecule is COCC12CCC(C)(O)CC1CCC1C3CCC(C(=O)Cn4cc(S(C)(=O)=O)cn4)C3(C)CCC12. The highest BCUT2D eigenvalue weighted by molar-refractivity contribution is 7.90. The minimum absolute atomic E-state index is 0.00233. The highest BCUT2D eigenvalue weighted by atomic mass is 32.2. The van der Waals surface area contributed by atoms with Crippen LogP contribution in [0.15, 0.2) is 17.3 Å². The number of hydrogen-bond acceptors (Lipinski definition) is 6. The second-order valence-corrected chi connectivity index (χ2v) is 14.8. The Balaban J connectivity index is 1.35. The molecule has 35 heavy (non-hydrogen) atoms. The average Bonchev–Trinajstić information content (AvgIpc) is 3.38. The molecule has 0 radical (unpaired) electrons. The van der Waals surface area contributed by atoms with Gasteiger partial charge in [0.25, 0.3) is 0 Å². The normalized spacial score (nSPS) is 43.3. The molecule has 0 spiro atoms. The van der Waals surface area contributed by atoms with Crippen molar-refractivity contribution in [3.8, 4) is 0 Å². The van der Waals surface area contributed by atoms with E-state index in [4.69, 9.17) is 4.74 Å². The van der Waals surface area contributed by atoms with Crippen molar-refractivity contribution in [2.24, 2.45) is 40.4 Å². The number of fused-ring (bicyclic) bond motifs is 5. The van der Waals surface area contributed by atoms with E-state index < -0.39 is 15.4 Å². The van der Waals surface area contributed by atoms with E-state index in [-0.39, 0.29) is 34.0 Å². The predicted molar refractivity (Wildman–Crippen MR) is 132 cm³/mol. The van der Waals surface area contributed by atoms with Crippen LogP contribution in [0.1, 0.15) is 71.6 Å². The molecule has 8 unspecified atom stereocenters. The van der Waals surface area contributed by atoms with Crippen molar-refractivity contribution in [3.05, 3.63) is 12.4 Å². The summed E-state index contributed by atoms with van der Waals surface area (Å²) in [5.41, 5.74) is -0.418. The lowest BCUT2D eigenvalue weighted by Gasteiger charge is -2.62. The van der Waals surface area contributed by atoms with Crippen molar-refractivity contribution < 1.29 is 23.1 Å². The molecule has 1 N–H and O–H groups in total. The van der Waals surface area contributed by atoms with Crippen LogP contribution < -0.4 is 0 Å². The molecule has 0 saturated heterocycles. The first-order valence-electron chi connectivity index (χ1n) is 13.4. The fourth-order valence-electron chi connectivity index (χ4n) is 9.20. The molecule has 0 amide bonds. The second kappa shape index (κ2) is 8.66. The molecular formula is C27H42N2O5S. The summed E-state index contributed by atoms with van der Waals surface area (Å²) in [4.78, 5) is 13.7. The van der Waals surface area contributed by atoms with Crippen molar-refractivity contribution in [1.82, 2.24) is 9.78 Å². The summed E-state index contributed by atoms with van der Waals surface area (Å²) in [6.45, 7) is 5.26. The van der Waals surface area contributed by atoms with Crippen LogP contribution in [-0.2, 0) is 25.9 Å². The zero-order valence-electron chi connectivity index (χ0n) is 21.7. The first-order valence-corrected chi connectivity index (χ1v) is 15.3. The summed E-state index contributed by atoms with van der Waals surface area (Å²) in [6.07, 6.45) is 13.3. The Hall–Kier alpha value is -1.25. The summed E-state index contributed by atoms with van der Waals surface area (Å²) < 4.78 is 31.0. The van der Waals surface area contributed by atoms with E-state index in [1.807, 2.05) is 14.0 Å². The molecule has 8 heteroatoms. The van der Waals surface area contributed by atoms with Crippen molar-refractivity contribution in [1.29, 1.82) is 0 Å². The molecule has 0 aliphatic heterocycles. The van der Waals surface area contributed by atoms with Gasteiger partial charge >= 0.3 is 0 Å². The molecule has 1 aromatic heterocycles. The summed E-state index contributed by atoms with van der Waals surface area (Å²) in [6, 6.07) is 0. The quantitative estimate of drug-likeness (QED) is 0.629. The molecule has 7 nitrogen and oxygen atoms in total. The number of carbonyl (C=O) groups excluding carboxylic acids is 1. The lowest BCUT2D eigenvalue weighted by atomic mass is 9.43. The Morgan fingerprint density at radius 1 is 1.14 bits per heavy atom. The Bertz CT molecular complexity index is 1080. The molecule has 1 aromatic rings. The van der Waals surface area contributed by atoms with Crippen LogP contribution in [-0.4, -0.2) is 54.7 Å². The van der Waals surface area contributed by atoms with Gasteiger partial charge in [-0.1, -0.05) is 6.92 Å². The number of aliphatic hydroxyl groups is 1. The lowest BCUT2D eigenvalue weighted by Crippen LogP contribution is -2.58. The first kappa shape index (κ1) is 25.4. The third-order valence-electron chi connectivity index (χ3n) is 10.8. The molecule has 1 heterocycles. The van der Waals surface area contributed by atoms with E-state index in [1.54, 1.807) is 0 Å². The van der Waals surface area contributed by atoms with Gasteiger partial charge in [-0.25, -0.2) is 8.42 Å². The van der Waals surface area contributed by atoms with Crippen LogP contribution in [0.2, 0.25) is 0 Å². The van der Waals surface area contributed by atoms with E-state index in [0.29, 0.717) is 23.7 Å². The number of ether oxygens (including phenoxy) is 1.